The number of carboxylic acid groups (broad SMARTS) is 2. The Balaban J connectivity index is 1.47. The van der Waals surface area contributed by atoms with Gasteiger partial charge in [0.15, 0.2) is 23.7 Å². The molecule has 1 saturated heterocycles. The van der Waals surface area contributed by atoms with Gasteiger partial charge in [0.2, 0.25) is 11.5 Å². The predicted octanol–water partition coefficient (Wildman–Crippen LogP) is 0.146. The van der Waals surface area contributed by atoms with Gasteiger partial charge in [-0.05, 0) is 25.0 Å². The van der Waals surface area contributed by atoms with Crippen LogP contribution in [0.2, 0.25) is 0 Å². The minimum absolute atomic E-state index is 0.0472. The van der Waals surface area contributed by atoms with Gasteiger partial charge in [-0.1, -0.05) is 5.16 Å². The quantitative estimate of drug-likeness (QED) is 0.133. The SMILES string of the molecule is CCON=C(C(=O)NC1C(=O)N2C(C(=O)O)=C(CC=C[n+]3ccc(C(=O)O)cc3)CS[C@H]12)c1nsc(N)n1. The summed E-state index contributed by atoms with van der Waals surface area (Å²) in [6.07, 6.45) is 6.74. The fourth-order valence-electron chi connectivity index (χ4n) is 3.69. The van der Waals surface area contributed by atoms with Crippen molar-refractivity contribution in [1.82, 2.24) is 19.6 Å². The lowest BCUT2D eigenvalue weighted by Crippen LogP contribution is -2.71. The van der Waals surface area contributed by atoms with Gasteiger partial charge < -0.3 is 26.1 Å². The molecule has 1 fully saturated rings. The van der Waals surface area contributed by atoms with Crippen LogP contribution in [0.1, 0.15) is 29.5 Å². The van der Waals surface area contributed by atoms with E-state index in [4.69, 9.17) is 15.7 Å². The fourth-order valence-corrected chi connectivity index (χ4v) is 5.49. The van der Waals surface area contributed by atoms with Gasteiger partial charge in [-0.2, -0.15) is 13.9 Å². The Morgan fingerprint density at radius 3 is 2.66 bits per heavy atom. The minimum atomic E-state index is -1.25. The molecule has 0 aliphatic carbocycles. The lowest BCUT2D eigenvalue weighted by atomic mass is 10.0. The molecular weight excluding hydrogens is 538 g/mol. The number of nitrogens with zero attached hydrogens (tertiary/aromatic N) is 5. The zero-order valence-electron chi connectivity index (χ0n) is 19.8. The van der Waals surface area contributed by atoms with Crippen LogP contribution in [0.25, 0.3) is 6.20 Å². The smallest absolute Gasteiger partial charge is 0.352 e. The van der Waals surface area contributed by atoms with E-state index in [2.05, 4.69) is 19.8 Å². The van der Waals surface area contributed by atoms with Crippen LogP contribution in [-0.2, 0) is 19.2 Å². The number of nitrogens with one attached hydrogen (secondary N) is 1. The normalized spacial score (nSPS) is 19.2. The van der Waals surface area contributed by atoms with Gasteiger partial charge in [-0.15, -0.1) is 11.8 Å². The largest absolute Gasteiger partial charge is 0.478 e. The van der Waals surface area contributed by atoms with Gasteiger partial charge in [0, 0.05) is 29.4 Å². The molecule has 0 bridgehead atoms. The van der Waals surface area contributed by atoms with E-state index in [1.807, 2.05) is 0 Å². The number of aliphatic carboxylic acids is 1. The maximum atomic E-state index is 13.0. The Hall–Kier alpha value is -4.31. The molecule has 38 heavy (non-hydrogen) atoms. The number of carboxylic acids is 2. The molecule has 4 heterocycles. The Bertz CT molecular complexity index is 1370. The summed E-state index contributed by atoms with van der Waals surface area (Å²) < 4.78 is 5.59. The number of allylic oxidation sites excluding steroid dienone is 1. The molecule has 1 unspecified atom stereocenters. The second kappa shape index (κ2) is 11.4. The van der Waals surface area contributed by atoms with Crippen LogP contribution in [-0.4, -0.2) is 77.7 Å². The standard InChI is InChI=1S/C22H21N7O7S2/c1-2-36-26-13(16-25-22(23)38-27-16)17(30)24-14-18(31)29-15(21(34)35)12(10-37-19(14)29)4-3-7-28-8-5-11(6-9-28)20(32)33/h3,5-9,14,19H,2,4,10H2,1H3,(H4-,23,24,25,27,30,32,33,34,35)/p+1/t14?,19-/m1/s1. The zero-order valence-corrected chi connectivity index (χ0v) is 21.4. The van der Waals surface area contributed by atoms with Crippen LogP contribution in [0, 0.1) is 0 Å². The number of oxime groups is 1. The number of amides is 2. The zero-order chi connectivity index (χ0) is 27.4. The first kappa shape index (κ1) is 26.7. The molecule has 0 saturated carbocycles. The van der Waals surface area contributed by atoms with Gasteiger partial charge >= 0.3 is 11.9 Å². The van der Waals surface area contributed by atoms with Crippen LogP contribution in [0.5, 0.6) is 0 Å². The molecule has 5 N–H and O–H groups in total. The topological polar surface area (TPSA) is 201 Å². The number of rotatable bonds is 10. The van der Waals surface area contributed by atoms with Crippen LogP contribution >= 0.6 is 23.3 Å². The van der Waals surface area contributed by atoms with E-state index in [0.29, 0.717) is 11.3 Å². The molecule has 4 rings (SSSR count). The van der Waals surface area contributed by atoms with Crippen molar-refractivity contribution in [2.75, 3.05) is 18.1 Å². The second-order valence-corrected chi connectivity index (χ2v) is 9.75. The monoisotopic (exact) mass is 560 g/mol. The van der Waals surface area contributed by atoms with Crippen molar-refractivity contribution in [2.45, 2.75) is 24.8 Å². The molecule has 2 aromatic heterocycles. The summed E-state index contributed by atoms with van der Waals surface area (Å²) >= 11 is 2.19. The summed E-state index contributed by atoms with van der Waals surface area (Å²) in [5.74, 6) is -3.35. The lowest BCUT2D eigenvalue weighted by molar-refractivity contribution is -0.568. The summed E-state index contributed by atoms with van der Waals surface area (Å²) in [7, 11) is 0. The van der Waals surface area contributed by atoms with E-state index in [1.54, 1.807) is 36.2 Å². The number of pyridine rings is 1. The number of anilines is 1. The number of aromatic nitrogens is 3. The van der Waals surface area contributed by atoms with Gasteiger partial charge in [-0.25, -0.2) is 9.59 Å². The highest BCUT2D eigenvalue weighted by Crippen LogP contribution is 2.41. The highest BCUT2D eigenvalue weighted by atomic mass is 32.2. The average molecular weight is 561 g/mol. The summed E-state index contributed by atoms with van der Waals surface area (Å²) in [6, 6.07) is 1.89. The van der Waals surface area contributed by atoms with Gasteiger partial charge in [0.05, 0.1) is 5.56 Å². The Kier molecular flexibility index (Phi) is 8.02. The molecule has 16 heteroatoms. The Labute approximate surface area is 223 Å². The van der Waals surface area contributed by atoms with Crippen molar-refractivity contribution in [2.24, 2.45) is 5.16 Å². The van der Waals surface area contributed by atoms with Crippen molar-refractivity contribution in [3.05, 3.63) is 53.3 Å². The molecule has 0 spiro atoms. The minimum Gasteiger partial charge on any atom is -0.478 e. The van der Waals surface area contributed by atoms with Crippen LogP contribution in [0.3, 0.4) is 0 Å². The number of fused-ring (bicyclic) bond motifs is 1. The maximum absolute atomic E-state index is 13.0. The molecule has 14 nitrogen and oxygen atoms in total. The van der Waals surface area contributed by atoms with Crippen molar-refractivity contribution >= 4 is 64.1 Å². The number of carbonyl (C=O) groups is 4. The van der Waals surface area contributed by atoms with Gasteiger partial charge in [0.25, 0.3) is 11.8 Å². The number of hydrogen-bond donors (Lipinski definition) is 4. The molecule has 2 amide bonds. The van der Waals surface area contributed by atoms with Crippen LogP contribution in [0.4, 0.5) is 5.13 Å². The van der Waals surface area contributed by atoms with Crippen molar-refractivity contribution in [3.8, 4) is 0 Å². The first-order valence-electron chi connectivity index (χ1n) is 11.1. The molecule has 2 aliphatic heterocycles. The molecule has 198 valence electrons. The summed E-state index contributed by atoms with van der Waals surface area (Å²) in [5, 5.41) is 24.7. The fraction of sp³-hybridized carbons (Fsp3) is 0.273. The molecule has 0 aromatic carbocycles. The number of carbonyl (C=O) groups excluding carboxylic acids is 2. The third kappa shape index (κ3) is 5.50. The maximum Gasteiger partial charge on any atom is 0.352 e. The number of β-lactam (4-membered cyclic amide) rings is 1. The third-order valence-electron chi connectivity index (χ3n) is 5.43. The summed E-state index contributed by atoms with van der Waals surface area (Å²) in [6.45, 7) is 1.86. The molecule has 2 aliphatic rings. The molecule has 0 radical (unpaired) electrons. The highest BCUT2D eigenvalue weighted by molar-refractivity contribution is 8.00. The lowest BCUT2D eigenvalue weighted by Gasteiger charge is -2.49. The van der Waals surface area contributed by atoms with E-state index < -0.39 is 35.2 Å². The van der Waals surface area contributed by atoms with Crippen LogP contribution < -0.4 is 15.6 Å². The second-order valence-electron chi connectivity index (χ2n) is 7.86. The van der Waals surface area contributed by atoms with E-state index in [1.165, 1.54) is 23.9 Å². The number of nitrogens with two attached hydrogens (primary N) is 1. The van der Waals surface area contributed by atoms with Crippen molar-refractivity contribution in [3.63, 3.8) is 0 Å². The highest BCUT2D eigenvalue weighted by Gasteiger charge is 2.54. The number of aromatic carboxylic acids is 1. The number of hydrogen-bond acceptors (Lipinski definition) is 11. The first-order chi connectivity index (χ1) is 18.2. The summed E-state index contributed by atoms with van der Waals surface area (Å²) in [5.41, 5.74) is 5.89. The summed E-state index contributed by atoms with van der Waals surface area (Å²) in [4.78, 5) is 59.0. The Morgan fingerprint density at radius 2 is 2.05 bits per heavy atom. The molecular formula is C22H22N7O7S2+. The molecule has 2 atom stereocenters. The molecule has 2 aromatic rings. The van der Waals surface area contributed by atoms with Crippen molar-refractivity contribution < 1.29 is 38.8 Å². The van der Waals surface area contributed by atoms with E-state index in [0.717, 1.165) is 16.4 Å². The van der Waals surface area contributed by atoms with Crippen molar-refractivity contribution in [1.29, 1.82) is 0 Å². The van der Waals surface area contributed by atoms with Gasteiger partial charge in [-0.3, -0.25) is 14.5 Å². The van der Waals surface area contributed by atoms with E-state index >= 15 is 0 Å². The third-order valence-corrected chi connectivity index (χ3v) is 7.31. The first-order valence-corrected chi connectivity index (χ1v) is 12.9. The predicted molar refractivity (Wildman–Crippen MR) is 136 cm³/mol. The van der Waals surface area contributed by atoms with E-state index in [-0.39, 0.29) is 41.0 Å². The van der Waals surface area contributed by atoms with Gasteiger partial charge in [0.1, 0.15) is 23.7 Å². The Morgan fingerprint density at radius 1 is 1.32 bits per heavy atom. The average Bonchev–Trinajstić information content (AvgIpc) is 3.32. The van der Waals surface area contributed by atoms with E-state index in [9.17, 15) is 24.3 Å². The number of thioether (sulfide) groups is 1. The number of nitrogen functional groups attached to an aromatic ring is 1. The van der Waals surface area contributed by atoms with Crippen LogP contribution in [0.15, 0.2) is 47.0 Å².